The van der Waals surface area contributed by atoms with Crippen LogP contribution >= 0.6 is 0 Å². The first-order valence-corrected chi connectivity index (χ1v) is 11.4. The van der Waals surface area contributed by atoms with E-state index in [1.807, 2.05) is 36.4 Å². The van der Waals surface area contributed by atoms with Gasteiger partial charge in [0.25, 0.3) is 0 Å². The van der Waals surface area contributed by atoms with Crippen LogP contribution in [0.1, 0.15) is 43.2 Å². The Bertz CT molecular complexity index is 886. The average molecular weight is 421 g/mol. The smallest absolute Gasteiger partial charge is 0.306 e. The van der Waals surface area contributed by atoms with Gasteiger partial charge in [0, 0.05) is 19.4 Å². The minimum atomic E-state index is -0.555. The van der Waals surface area contributed by atoms with Gasteiger partial charge in [-0.1, -0.05) is 60.7 Å². The summed E-state index contributed by atoms with van der Waals surface area (Å²) in [7, 11) is 0. The number of benzene rings is 2. The van der Waals surface area contributed by atoms with Gasteiger partial charge in [-0.15, -0.1) is 0 Å². The zero-order chi connectivity index (χ0) is 21.7. The Morgan fingerprint density at radius 1 is 1.10 bits per heavy atom. The van der Waals surface area contributed by atoms with E-state index < -0.39 is 5.41 Å². The Morgan fingerprint density at radius 2 is 1.81 bits per heavy atom. The Labute approximate surface area is 184 Å². The summed E-state index contributed by atoms with van der Waals surface area (Å²) >= 11 is 0. The molecule has 2 heterocycles. The molecule has 0 bridgehead atoms. The quantitative estimate of drug-likeness (QED) is 0.696. The monoisotopic (exact) mass is 420 g/mol. The van der Waals surface area contributed by atoms with Crippen molar-refractivity contribution >= 4 is 11.8 Å². The first-order chi connectivity index (χ1) is 15.1. The van der Waals surface area contributed by atoms with Gasteiger partial charge in [0.15, 0.2) is 5.78 Å². The van der Waals surface area contributed by atoms with Crippen LogP contribution in [0.4, 0.5) is 0 Å². The summed E-state index contributed by atoms with van der Waals surface area (Å²) in [4.78, 5) is 28.5. The fourth-order valence-corrected chi connectivity index (χ4v) is 5.25. The highest BCUT2D eigenvalue weighted by atomic mass is 16.5. The normalized spacial score (nSPS) is 26.3. The Kier molecular flexibility index (Phi) is 6.83. The van der Waals surface area contributed by atoms with Crippen molar-refractivity contribution in [2.75, 3.05) is 19.6 Å². The molecule has 5 nitrogen and oxygen atoms in total. The Balaban J connectivity index is 1.60. The van der Waals surface area contributed by atoms with Gasteiger partial charge in [0.2, 0.25) is 0 Å². The van der Waals surface area contributed by atoms with Crippen molar-refractivity contribution in [1.29, 1.82) is 0 Å². The predicted molar refractivity (Wildman–Crippen MR) is 121 cm³/mol. The lowest BCUT2D eigenvalue weighted by molar-refractivity contribution is -0.148. The van der Waals surface area contributed by atoms with E-state index in [-0.39, 0.29) is 23.9 Å². The summed E-state index contributed by atoms with van der Waals surface area (Å²) < 4.78 is 5.70. The van der Waals surface area contributed by atoms with Crippen molar-refractivity contribution in [3.8, 4) is 0 Å². The number of ketones is 1. The molecule has 2 N–H and O–H groups in total. The van der Waals surface area contributed by atoms with Crippen LogP contribution in [0, 0.1) is 0 Å². The molecule has 31 heavy (non-hydrogen) atoms. The van der Waals surface area contributed by atoms with Crippen molar-refractivity contribution in [3.05, 3.63) is 71.8 Å². The fraction of sp³-hybridized carbons (Fsp3) is 0.462. The number of esters is 1. The number of hydrogen-bond acceptors (Lipinski definition) is 5. The van der Waals surface area contributed by atoms with Crippen LogP contribution in [-0.2, 0) is 26.2 Å². The molecule has 2 saturated heterocycles. The van der Waals surface area contributed by atoms with Gasteiger partial charge in [-0.2, -0.15) is 0 Å². The van der Waals surface area contributed by atoms with Crippen LogP contribution in [0.15, 0.2) is 60.7 Å². The fourth-order valence-electron chi connectivity index (χ4n) is 5.25. The summed E-state index contributed by atoms with van der Waals surface area (Å²) in [5, 5.41) is 0. The molecule has 0 radical (unpaired) electrons. The molecule has 2 aliphatic heterocycles. The van der Waals surface area contributed by atoms with E-state index in [2.05, 4.69) is 29.2 Å². The number of rotatable bonds is 7. The van der Waals surface area contributed by atoms with E-state index in [0.717, 1.165) is 24.9 Å². The van der Waals surface area contributed by atoms with Crippen molar-refractivity contribution in [2.24, 2.45) is 5.73 Å². The minimum absolute atomic E-state index is 0.209. The highest BCUT2D eigenvalue weighted by Gasteiger charge is 2.50. The minimum Gasteiger partial charge on any atom is -0.461 e. The van der Waals surface area contributed by atoms with Crippen LogP contribution in [0.3, 0.4) is 0 Å². The largest absolute Gasteiger partial charge is 0.461 e. The molecule has 3 atom stereocenters. The molecule has 2 aliphatic rings. The van der Waals surface area contributed by atoms with E-state index in [9.17, 15) is 9.59 Å². The molecule has 2 aromatic carbocycles. The van der Waals surface area contributed by atoms with E-state index in [0.29, 0.717) is 38.8 Å². The third kappa shape index (κ3) is 4.73. The lowest BCUT2D eigenvalue weighted by Crippen LogP contribution is -2.46. The topological polar surface area (TPSA) is 72.6 Å². The zero-order valence-electron chi connectivity index (χ0n) is 18.0. The van der Waals surface area contributed by atoms with Gasteiger partial charge in [-0.3, -0.25) is 14.5 Å². The second kappa shape index (κ2) is 9.75. The maximum absolute atomic E-state index is 14.2. The maximum Gasteiger partial charge on any atom is 0.306 e. The van der Waals surface area contributed by atoms with Gasteiger partial charge >= 0.3 is 5.97 Å². The molecule has 0 saturated carbocycles. The van der Waals surface area contributed by atoms with Gasteiger partial charge in [0.05, 0.1) is 11.5 Å². The number of nitrogens with zero attached hydrogens (tertiary/aromatic N) is 1. The summed E-state index contributed by atoms with van der Waals surface area (Å²) in [5.74, 6) is 0.0553. The molecule has 5 heteroatoms. The van der Waals surface area contributed by atoms with Crippen LogP contribution in [0.5, 0.6) is 0 Å². The number of ether oxygens (including phenoxy) is 1. The predicted octanol–water partition coefficient (Wildman–Crippen LogP) is 3.26. The van der Waals surface area contributed by atoms with Crippen molar-refractivity contribution in [2.45, 2.75) is 56.1 Å². The summed E-state index contributed by atoms with van der Waals surface area (Å²) in [5.41, 5.74) is 7.22. The lowest BCUT2D eigenvalue weighted by atomic mass is 9.68. The average Bonchev–Trinajstić information content (AvgIpc) is 3.14. The maximum atomic E-state index is 14.2. The second-order valence-corrected chi connectivity index (χ2v) is 8.83. The van der Waals surface area contributed by atoms with E-state index in [1.54, 1.807) is 0 Å². The molecule has 0 amide bonds. The standard InChI is InChI=1S/C26H32N2O3/c27-15-7-13-24(29)31-22-17-23-25(30)26(14-8-16-28(23)19-22,21-11-5-2-6-12-21)18-20-9-3-1-4-10-20/h1-6,9-12,22-23H,7-8,13-19,27H2/t22-,23+,26?/m1/s1. The molecular weight excluding hydrogens is 388 g/mol. The molecule has 0 aliphatic carbocycles. The third-order valence-corrected chi connectivity index (χ3v) is 6.75. The summed E-state index contributed by atoms with van der Waals surface area (Å²) in [6.45, 7) is 1.98. The first kappa shape index (κ1) is 21.7. The Morgan fingerprint density at radius 3 is 2.52 bits per heavy atom. The Hall–Kier alpha value is -2.50. The molecule has 0 spiro atoms. The second-order valence-electron chi connectivity index (χ2n) is 8.83. The molecule has 2 aromatic rings. The molecule has 164 valence electrons. The van der Waals surface area contributed by atoms with E-state index in [4.69, 9.17) is 10.5 Å². The lowest BCUT2D eigenvalue weighted by Gasteiger charge is -2.34. The number of hydrogen-bond donors (Lipinski definition) is 1. The molecule has 0 aromatic heterocycles. The van der Waals surface area contributed by atoms with Crippen LogP contribution in [-0.4, -0.2) is 48.4 Å². The van der Waals surface area contributed by atoms with Crippen LogP contribution in [0.25, 0.3) is 0 Å². The SMILES string of the molecule is NCCCC(=O)O[C@@H]1C[C@H]2C(=O)C(Cc3ccccc3)(c3ccccc3)CCCN2C1. The van der Waals surface area contributed by atoms with Crippen molar-refractivity contribution < 1.29 is 14.3 Å². The van der Waals surface area contributed by atoms with E-state index in [1.165, 1.54) is 5.56 Å². The van der Waals surface area contributed by atoms with Gasteiger partial charge < -0.3 is 10.5 Å². The number of nitrogens with two attached hydrogens (primary N) is 1. The zero-order valence-corrected chi connectivity index (χ0v) is 18.0. The molecule has 1 unspecified atom stereocenters. The molecule has 2 fully saturated rings. The molecular formula is C26H32N2O3. The van der Waals surface area contributed by atoms with Crippen molar-refractivity contribution in [3.63, 3.8) is 0 Å². The van der Waals surface area contributed by atoms with Crippen molar-refractivity contribution in [1.82, 2.24) is 4.90 Å². The van der Waals surface area contributed by atoms with Crippen LogP contribution in [0.2, 0.25) is 0 Å². The summed E-state index contributed by atoms with van der Waals surface area (Å²) in [6.07, 6.45) is 3.80. The first-order valence-electron chi connectivity index (χ1n) is 11.4. The molecule has 4 rings (SSSR count). The van der Waals surface area contributed by atoms with Gasteiger partial charge in [-0.25, -0.2) is 0 Å². The summed E-state index contributed by atoms with van der Waals surface area (Å²) in [6, 6.07) is 20.3. The van der Waals surface area contributed by atoms with Gasteiger partial charge in [-0.05, 0) is 49.9 Å². The highest BCUT2D eigenvalue weighted by Crippen LogP contribution is 2.41. The number of carbonyl (C=O) groups is 2. The highest BCUT2D eigenvalue weighted by molar-refractivity contribution is 5.95. The van der Waals surface area contributed by atoms with Gasteiger partial charge in [0.1, 0.15) is 6.10 Å². The van der Waals surface area contributed by atoms with E-state index >= 15 is 0 Å². The van der Waals surface area contributed by atoms with Crippen LogP contribution < -0.4 is 5.73 Å². The number of carbonyl (C=O) groups excluding carboxylic acids is 2. The third-order valence-electron chi connectivity index (χ3n) is 6.75. The number of fused-ring (bicyclic) bond motifs is 1. The number of Topliss-reactive ketones (excluding diaryl/α,β-unsaturated/α-hetero) is 1.